The van der Waals surface area contributed by atoms with Crippen LogP contribution in [-0.2, 0) is 19.6 Å². The fourth-order valence-electron chi connectivity index (χ4n) is 3.95. The standard InChI is InChI=1S/C24H31N3O4S/c1-17-8-11-20(12-9-17)26-24(29)23(28)25-14-13-21-6-4-5-15-27(21)32(30,31)22-16-18(2)7-10-19(22)3/h7-12,16,21H,4-6,13-15H2,1-3H3,(H,25,28)(H,26,29)/t21-/m1/s1. The summed E-state index contributed by atoms with van der Waals surface area (Å²) in [6, 6.07) is 12.4. The fourth-order valence-corrected chi connectivity index (χ4v) is 5.98. The van der Waals surface area contributed by atoms with Crippen LogP contribution in [0.25, 0.3) is 0 Å². The molecule has 2 aromatic rings. The summed E-state index contributed by atoms with van der Waals surface area (Å²) in [6.45, 7) is 6.31. The molecule has 0 aromatic heterocycles. The lowest BCUT2D eigenvalue weighted by Crippen LogP contribution is -2.46. The highest BCUT2D eigenvalue weighted by molar-refractivity contribution is 7.89. The number of hydrogen-bond acceptors (Lipinski definition) is 4. The number of nitrogens with one attached hydrogen (secondary N) is 2. The molecule has 0 unspecified atom stereocenters. The van der Waals surface area contributed by atoms with Crippen LogP contribution in [0.5, 0.6) is 0 Å². The third-order valence-electron chi connectivity index (χ3n) is 5.78. The lowest BCUT2D eigenvalue weighted by Gasteiger charge is -2.35. The van der Waals surface area contributed by atoms with E-state index in [2.05, 4.69) is 10.6 Å². The van der Waals surface area contributed by atoms with Crippen LogP contribution in [0.3, 0.4) is 0 Å². The third kappa shape index (κ3) is 5.75. The second-order valence-corrected chi connectivity index (χ2v) is 10.3. The zero-order chi connectivity index (χ0) is 23.3. The first-order valence-electron chi connectivity index (χ1n) is 10.9. The summed E-state index contributed by atoms with van der Waals surface area (Å²) < 4.78 is 28.3. The topological polar surface area (TPSA) is 95.6 Å². The maximum atomic E-state index is 13.4. The molecule has 1 fully saturated rings. The predicted octanol–water partition coefficient (Wildman–Crippen LogP) is 3.30. The number of amides is 2. The van der Waals surface area contributed by atoms with Crippen molar-refractivity contribution in [1.29, 1.82) is 0 Å². The van der Waals surface area contributed by atoms with Gasteiger partial charge in [-0.25, -0.2) is 8.42 Å². The monoisotopic (exact) mass is 457 g/mol. The molecule has 1 saturated heterocycles. The second kappa shape index (κ2) is 10.3. The van der Waals surface area contributed by atoms with Gasteiger partial charge in [-0.3, -0.25) is 9.59 Å². The number of benzene rings is 2. The Morgan fingerprint density at radius 1 is 0.969 bits per heavy atom. The Morgan fingerprint density at radius 2 is 1.66 bits per heavy atom. The molecule has 0 radical (unpaired) electrons. The minimum absolute atomic E-state index is 0.214. The number of sulfonamides is 1. The Balaban J connectivity index is 1.60. The van der Waals surface area contributed by atoms with Crippen molar-refractivity contribution in [2.75, 3.05) is 18.4 Å². The molecule has 0 spiro atoms. The molecule has 2 amide bonds. The lowest BCUT2D eigenvalue weighted by molar-refractivity contribution is -0.136. The molecule has 0 bridgehead atoms. The van der Waals surface area contributed by atoms with E-state index in [1.54, 1.807) is 29.4 Å². The Bertz CT molecular complexity index is 1080. The van der Waals surface area contributed by atoms with Crippen molar-refractivity contribution >= 4 is 27.5 Å². The van der Waals surface area contributed by atoms with Gasteiger partial charge in [0.1, 0.15) is 0 Å². The van der Waals surface area contributed by atoms with E-state index in [0.29, 0.717) is 23.5 Å². The molecule has 2 N–H and O–H groups in total. The SMILES string of the molecule is Cc1ccc(NC(=O)C(=O)NCC[C@H]2CCCCN2S(=O)(=O)c2cc(C)ccc2C)cc1. The van der Waals surface area contributed by atoms with Crippen LogP contribution >= 0.6 is 0 Å². The molecule has 2 aromatic carbocycles. The number of anilines is 1. The zero-order valence-electron chi connectivity index (χ0n) is 18.8. The van der Waals surface area contributed by atoms with Gasteiger partial charge < -0.3 is 10.6 Å². The number of hydrogen-bond donors (Lipinski definition) is 2. The fraction of sp³-hybridized carbons (Fsp3) is 0.417. The van der Waals surface area contributed by atoms with Gasteiger partial charge in [-0.05, 0) is 69.4 Å². The highest BCUT2D eigenvalue weighted by Gasteiger charge is 2.34. The van der Waals surface area contributed by atoms with E-state index < -0.39 is 21.8 Å². The van der Waals surface area contributed by atoms with Crippen molar-refractivity contribution in [1.82, 2.24) is 9.62 Å². The molecular formula is C24H31N3O4S. The average Bonchev–Trinajstić information content (AvgIpc) is 2.77. The van der Waals surface area contributed by atoms with Crippen molar-refractivity contribution in [2.24, 2.45) is 0 Å². The smallest absolute Gasteiger partial charge is 0.313 e. The Labute approximate surface area is 190 Å². The predicted molar refractivity (Wildman–Crippen MR) is 125 cm³/mol. The van der Waals surface area contributed by atoms with Gasteiger partial charge in [-0.1, -0.05) is 36.2 Å². The maximum Gasteiger partial charge on any atom is 0.313 e. The molecule has 1 aliphatic rings. The zero-order valence-corrected chi connectivity index (χ0v) is 19.7. The van der Waals surface area contributed by atoms with Crippen LogP contribution < -0.4 is 10.6 Å². The number of rotatable bonds is 6. The van der Waals surface area contributed by atoms with Crippen LogP contribution in [0.4, 0.5) is 5.69 Å². The summed E-state index contributed by atoms with van der Waals surface area (Å²) in [5.74, 6) is -1.47. The van der Waals surface area contributed by atoms with Gasteiger partial charge in [0.05, 0.1) is 4.90 Å². The van der Waals surface area contributed by atoms with Crippen molar-refractivity contribution in [2.45, 2.75) is 57.4 Å². The summed E-state index contributed by atoms with van der Waals surface area (Å²) in [5.41, 5.74) is 3.23. The van der Waals surface area contributed by atoms with Crippen LogP contribution in [0.2, 0.25) is 0 Å². The molecule has 3 rings (SSSR count). The van der Waals surface area contributed by atoms with Gasteiger partial charge in [0.15, 0.2) is 0 Å². The summed E-state index contributed by atoms with van der Waals surface area (Å²) in [4.78, 5) is 24.6. The van der Waals surface area contributed by atoms with Gasteiger partial charge in [0.25, 0.3) is 0 Å². The average molecular weight is 458 g/mol. The van der Waals surface area contributed by atoms with Crippen molar-refractivity contribution < 1.29 is 18.0 Å². The number of nitrogens with zero attached hydrogens (tertiary/aromatic N) is 1. The highest BCUT2D eigenvalue weighted by atomic mass is 32.2. The molecule has 0 saturated carbocycles. The highest BCUT2D eigenvalue weighted by Crippen LogP contribution is 2.29. The number of aryl methyl sites for hydroxylation is 3. The van der Waals surface area contributed by atoms with Gasteiger partial charge in [0.2, 0.25) is 10.0 Å². The molecule has 1 atom stereocenters. The first-order valence-corrected chi connectivity index (χ1v) is 12.4. The van der Waals surface area contributed by atoms with E-state index in [1.165, 1.54) is 0 Å². The second-order valence-electron chi connectivity index (χ2n) is 8.40. The molecule has 32 heavy (non-hydrogen) atoms. The largest absolute Gasteiger partial charge is 0.348 e. The molecule has 0 aliphatic carbocycles. The van der Waals surface area contributed by atoms with Crippen LogP contribution in [0, 0.1) is 20.8 Å². The van der Waals surface area contributed by atoms with Crippen LogP contribution in [0.15, 0.2) is 47.4 Å². The summed E-state index contributed by atoms with van der Waals surface area (Å²) in [5, 5.41) is 5.19. The summed E-state index contributed by atoms with van der Waals surface area (Å²) in [6.07, 6.45) is 2.93. The summed E-state index contributed by atoms with van der Waals surface area (Å²) >= 11 is 0. The van der Waals surface area contributed by atoms with Gasteiger partial charge in [-0.15, -0.1) is 0 Å². The van der Waals surface area contributed by atoms with Gasteiger partial charge >= 0.3 is 11.8 Å². The first-order chi connectivity index (χ1) is 15.2. The Hall–Kier alpha value is -2.71. The molecule has 8 heteroatoms. The quantitative estimate of drug-likeness (QED) is 0.651. The lowest BCUT2D eigenvalue weighted by atomic mass is 10.0. The van der Waals surface area contributed by atoms with E-state index >= 15 is 0 Å². The minimum atomic E-state index is -3.63. The van der Waals surface area contributed by atoms with E-state index in [1.807, 2.05) is 38.1 Å². The molecule has 1 heterocycles. The molecule has 7 nitrogen and oxygen atoms in total. The van der Waals surface area contributed by atoms with E-state index in [-0.39, 0.29) is 12.6 Å². The van der Waals surface area contributed by atoms with E-state index in [4.69, 9.17) is 0 Å². The van der Waals surface area contributed by atoms with Crippen molar-refractivity contribution in [3.05, 3.63) is 59.2 Å². The third-order valence-corrected chi connectivity index (χ3v) is 7.88. The van der Waals surface area contributed by atoms with Gasteiger partial charge in [0, 0.05) is 24.8 Å². The Morgan fingerprint density at radius 3 is 2.38 bits per heavy atom. The number of piperidine rings is 1. The molecule has 172 valence electrons. The van der Waals surface area contributed by atoms with E-state index in [0.717, 1.165) is 36.0 Å². The van der Waals surface area contributed by atoms with Gasteiger partial charge in [-0.2, -0.15) is 4.31 Å². The van der Waals surface area contributed by atoms with Crippen molar-refractivity contribution in [3.8, 4) is 0 Å². The van der Waals surface area contributed by atoms with Crippen LogP contribution in [-0.4, -0.2) is 43.7 Å². The maximum absolute atomic E-state index is 13.4. The van der Waals surface area contributed by atoms with Crippen molar-refractivity contribution in [3.63, 3.8) is 0 Å². The summed E-state index contributed by atoms with van der Waals surface area (Å²) in [7, 11) is -3.63. The Kier molecular flexibility index (Phi) is 7.69. The molecular weight excluding hydrogens is 426 g/mol. The van der Waals surface area contributed by atoms with E-state index in [9.17, 15) is 18.0 Å². The van der Waals surface area contributed by atoms with Crippen LogP contribution in [0.1, 0.15) is 42.4 Å². The number of carbonyl (C=O) groups is 2. The minimum Gasteiger partial charge on any atom is -0.348 e. The normalized spacial score (nSPS) is 17.0. The molecule has 1 aliphatic heterocycles. The number of carbonyl (C=O) groups excluding carboxylic acids is 2. The first kappa shape index (κ1) is 23.9.